The molecule has 0 unspecified atom stereocenters. The predicted molar refractivity (Wildman–Crippen MR) is 91.2 cm³/mol. The van der Waals surface area contributed by atoms with Crippen molar-refractivity contribution < 1.29 is 4.92 Å². The van der Waals surface area contributed by atoms with Gasteiger partial charge < -0.3 is 10.6 Å². The number of thiophene rings is 1. The lowest BCUT2D eigenvalue weighted by molar-refractivity contribution is -0.383. The molecule has 7 heteroatoms. The van der Waals surface area contributed by atoms with E-state index in [0.29, 0.717) is 24.5 Å². The lowest BCUT2D eigenvalue weighted by atomic mass is 10.2. The van der Waals surface area contributed by atoms with Crippen molar-refractivity contribution in [1.82, 2.24) is 0 Å². The number of nitro groups is 1. The normalized spacial score (nSPS) is 10.4. The molecule has 21 heavy (non-hydrogen) atoms. The van der Waals surface area contributed by atoms with Crippen molar-refractivity contribution in [3.05, 3.63) is 49.1 Å². The van der Waals surface area contributed by atoms with Gasteiger partial charge in [-0.05, 0) is 40.5 Å². The van der Waals surface area contributed by atoms with Gasteiger partial charge in [-0.15, -0.1) is 11.3 Å². The Bertz CT molecular complexity index is 630. The minimum atomic E-state index is -0.343. The highest BCUT2D eigenvalue weighted by Gasteiger charge is 2.19. The molecular formula is C14H16BrN3O2S. The fraction of sp³-hybridized carbons (Fsp3) is 0.286. The van der Waals surface area contributed by atoms with E-state index >= 15 is 0 Å². The van der Waals surface area contributed by atoms with Crippen molar-refractivity contribution in [2.45, 2.75) is 19.9 Å². The quantitative estimate of drug-likeness (QED) is 0.540. The first-order valence-corrected chi connectivity index (χ1v) is 8.27. The Labute approximate surface area is 135 Å². The Morgan fingerprint density at radius 2 is 2.05 bits per heavy atom. The summed E-state index contributed by atoms with van der Waals surface area (Å²) >= 11 is 5.01. The van der Waals surface area contributed by atoms with E-state index in [1.165, 1.54) is 0 Å². The minimum absolute atomic E-state index is 0.0987. The summed E-state index contributed by atoms with van der Waals surface area (Å²) in [4.78, 5) is 12.1. The van der Waals surface area contributed by atoms with Crippen LogP contribution in [0.3, 0.4) is 0 Å². The van der Waals surface area contributed by atoms with E-state index in [9.17, 15) is 10.1 Å². The SMILES string of the molecule is CCCNc1cccc(NCc2cc(Br)cs2)c1[N+](=O)[O-]. The Balaban J connectivity index is 2.19. The summed E-state index contributed by atoms with van der Waals surface area (Å²) in [5, 5.41) is 19.6. The molecule has 2 aromatic rings. The smallest absolute Gasteiger partial charge is 0.315 e. The van der Waals surface area contributed by atoms with Gasteiger partial charge in [-0.25, -0.2) is 0 Å². The van der Waals surface area contributed by atoms with E-state index in [2.05, 4.69) is 26.6 Å². The number of hydrogen-bond donors (Lipinski definition) is 2. The second-order valence-electron chi connectivity index (χ2n) is 4.47. The van der Waals surface area contributed by atoms with Crippen LogP contribution in [0.15, 0.2) is 34.1 Å². The van der Waals surface area contributed by atoms with Gasteiger partial charge in [-0.1, -0.05) is 13.0 Å². The molecule has 0 aliphatic heterocycles. The first-order valence-electron chi connectivity index (χ1n) is 6.60. The van der Waals surface area contributed by atoms with Gasteiger partial charge in [0.2, 0.25) is 0 Å². The molecule has 0 aliphatic carbocycles. The molecule has 0 saturated carbocycles. The summed E-state index contributed by atoms with van der Waals surface area (Å²) in [7, 11) is 0. The van der Waals surface area contributed by atoms with Crippen LogP contribution in [0.1, 0.15) is 18.2 Å². The molecule has 1 aromatic carbocycles. The molecule has 1 heterocycles. The first-order chi connectivity index (χ1) is 10.1. The number of rotatable bonds is 7. The van der Waals surface area contributed by atoms with Gasteiger partial charge in [0.05, 0.1) is 4.92 Å². The lowest BCUT2D eigenvalue weighted by Crippen LogP contribution is -2.07. The zero-order valence-corrected chi connectivity index (χ0v) is 14.0. The van der Waals surface area contributed by atoms with Gasteiger partial charge in [0.1, 0.15) is 11.4 Å². The van der Waals surface area contributed by atoms with Gasteiger partial charge in [0, 0.05) is 27.8 Å². The average Bonchev–Trinajstić information content (AvgIpc) is 2.88. The Kier molecular flexibility index (Phi) is 5.58. The van der Waals surface area contributed by atoms with Crippen LogP contribution >= 0.6 is 27.3 Å². The highest BCUT2D eigenvalue weighted by molar-refractivity contribution is 9.10. The third-order valence-corrected chi connectivity index (χ3v) is 4.56. The van der Waals surface area contributed by atoms with Gasteiger partial charge in [0.15, 0.2) is 0 Å². The van der Waals surface area contributed by atoms with Crippen LogP contribution in [0.4, 0.5) is 17.1 Å². The van der Waals surface area contributed by atoms with Crippen molar-refractivity contribution in [3.8, 4) is 0 Å². The molecule has 1 aromatic heterocycles. The molecule has 2 rings (SSSR count). The second kappa shape index (κ2) is 7.42. The number of halogens is 1. The molecule has 0 aliphatic rings. The van der Waals surface area contributed by atoms with E-state index in [-0.39, 0.29) is 10.6 Å². The minimum Gasteiger partial charge on any atom is -0.379 e. The molecule has 5 nitrogen and oxygen atoms in total. The highest BCUT2D eigenvalue weighted by atomic mass is 79.9. The summed E-state index contributed by atoms with van der Waals surface area (Å²) in [6.45, 7) is 3.30. The van der Waals surface area contributed by atoms with Crippen LogP contribution < -0.4 is 10.6 Å². The molecule has 2 N–H and O–H groups in total. The van der Waals surface area contributed by atoms with E-state index in [4.69, 9.17) is 0 Å². The zero-order chi connectivity index (χ0) is 15.2. The van der Waals surface area contributed by atoms with E-state index < -0.39 is 0 Å². The van der Waals surface area contributed by atoms with Crippen molar-refractivity contribution in [1.29, 1.82) is 0 Å². The highest BCUT2D eigenvalue weighted by Crippen LogP contribution is 2.33. The standard InChI is InChI=1S/C14H16BrN3O2S/c1-2-6-16-12-4-3-5-13(14(12)18(19)20)17-8-11-7-10(15)9-21-11/h3-5,7,9,16-17H,2,6,8H2,1H3. The van der Waals surface area contributed by atoms with Crippen LogP contribution in [-0.4, -0.2) is 11.5 Å². The maximum atomic E-state index is 11.3. The summed E-state index contributed by atoms with van der Waals surface area (Å²) in [5.74, 6) is 0. The molecule has 0 saturated heterocycles. The van der Waals surface area contributed by atoms with Crippen LogP contribution in [-0.2, 0) is 6.54 Å². The molecular weight excluding hydrogens is 354 g/mol. The zero-order valence-electron chi connectivity index (χ0n) is 11.6. The Morgan fingerprint density at radius 3 is 2.62 bits per heavy atom. The maximum absolute atomic E-state index is 11.3. The fourth-order valence-corrected chi connectivity index (χ4v) is 3.30. The van der Waals surface area contributed by atoms with E-state index in [1.807, 2.05) is 24.4 Å². The summed E-state index contributed by atoms with van der Waals surface area (Å²) in [6.07, 6.45) is 0.915. The fourth-order valence-electron chi connectivity index (χ4n) is 1.91. The predicted octanol–water partition coefficient (Wildman–Crippen LogP) is 4.85. The van der Waals surface area contributed by atoms with Gasteiger partial charge in [-0.2, -0.15) is 0 Å². The van der Waals surface area contributed by atoms with Crippen molar-refractivity contribution in [3.63, 3.8) is 0 Å². The molecule has 112 valence electrons. The molecule has 0 atom stereocenters. The molecule has 0 fully saturated rings. The largest absolute Gasteiger partial charge is 0.379 e. The van der Waals surface area contributed by atoms with Gasteiger partial charge in [0.25, 0.3) is 0 Å². The third kappa shape index (κ3) is 4.18. The van der Waals surface area contributed by atoms with Crippen molar-refractivity contribution in [2.75, 3.05) is 17.2 Å². The van der Waals surface area contributed by atoms with Gasteiger partial charge in [-0.3, -0.25) is 10.1 Å². The lowest BCUT2D eigenvalue weighted by Gasteiger charge is -2.10. The Morgan fingerprint density at radius 1 is 1.33 bits per heavy atom. The summed E-state index contributed by atoms with van der Waals surface area (Å²) in [6, 6.07) is 7.29. The summed E-state index contributed by atoms with van der Waals surface area (Å²) < 4.78 is 1.03. The van der Waals surface area contributed by atoms with Crippen LogP contribution in [0, 0.1) is 10.1 Å². The van der Waals surface area contributed by atoms with Gasteiger partial charge >= 0.3 is 5.69 Å². The first kappa shape index (κ1) is 15.8. The number of nitrogens with zero attached hydrogens (tertiary/aromatic N) is 1. The molecule has 0 radical (unpaired) electrons. The van der Waals surface area contributed by atoms with Crippen LogP contribution in [0.25, 0.3) is 0 Å². The number of benzene rings is 1. The second-order valence-corrected chi connectivity index (χ2v) is 6.38. The van der Waals surface area contributed by atoms with E-state index in [0.717, 1.165) is 15.8 Å². The number of nitrogens with one attached hydrogen (secondary N) is 2. The number of hydrogen-bond acceptors (Lipinski definition) is 5. The van der Waals surface area contributed by atoms with Crippen molar-refractivity contribution >= 4 is 44.3 Å². The maximum Gasteiger partial charge on any atom is 0.315 e. The van der Waals surface area contributed by atoms with Crippen molar-refractivity contribution in [2.24, 2.45) is 0 Å². The monoisotopic (exact) mass is 369 g/mol. The third-order valence-electron chi connectivity index (χ3n) is 2.86. The van der Waals surface area contributed by atoms with E-state index in [1.54, 1.807) is 23.5 Å². The molecule has 0 amide bonds. The van der Waals surface area contributed by atoms with Crippen LogP contribution in [0.5, 0.6) is 0 Å². The number of anilines is 2. The number of nitro benzene ring substituents is 1. The topological polar surface area (TPSA) is 67.2 Å². The summed E-state index contributed by atoms with van der Waals surface area (Å²) in [5.41, 5.74) is 1.19. The molecule has 0 spiro atoms. The number of para-hydroxylation sites is 1. The Hall–Kier alpha value is -1.60. The molecule has 0 bridgehead atoms. The average molecular weight is 370 g/mol. The van der Waals surface area contributed by atoms with Crippen LogP contribution in [0.2, 0.25) is 0 Å².